The lowest BCUT2D eigenvalue weighted by Gasteiger charge is -2.16. The molecule has 6 amide bonds. The molecule has 182 valence electrons. The van der Waals surface area contributed by atoms with Crippen molar-refractivity contribution in [2.24, 2.45) is 5.16 Å². The molecule has 0 aromatic heterocycles. The normalized spacial score (nSPS) is 21.3. The van der Waals surface area contributed by atoms with E-state index in [-0.39, 0.29) is 24.0 Å². The molecule has 2 rings (SSSR count). The summed E-state index contributed by atoms with van der Waals surface area (Å²) < 4.78 is 0. The van der Waals surface area contributed by atoms with E-state index in [1.807, 2.05) is 17.1 Å². The average molecular weight is 482 g/mol. The Bertz CT molecular complexity index is 785. The molecule has 0 unspecified atom stereocenters. The molecule has 33 heavy (non-hydrogen) atoms. The van der Waals surface area contributed by atoms with Crippen LogP contribution in [0.4, 0.5) is 9.59 Å². The van der Waals surface area contributed by atoms with Gasteiger partial charge >= 0.3 is 12.1 Å². The molecule has 0 spiro atoms. The number of nitriles is 1. The van der Waals surface area contributed by atoms with Crippen LogP contribution in [0.25, 0.3) is 0 Å². The molecule has 3 atom stereocenters. The molecule has 0 saturated carbocycles. The van der Waals surface area contributed by atoms with Crippen molar-refractivity contribution in [1.29, 1.82) is 5.26 Å². The number of nitrogens with one attached hydrogen (secondary N) is 5. The second kappa shape index (κ2) is 14.2. The van der Waals surface area contributed by atoms with E-state index in [0.29, 0.717) is 31.2 Å². The predicted octanol–water partition coefficient (Wildman–Crippen LogP) is 0.350. The first-order valence-electron chi connectivity index (χ1n) is 11.0. The van der Waals surface area contributed by atoms with Crippen LogP contribution in [0.2, 0.25) is 0 Å². The number of carbonyl (C=O) groups is 4. The number of fused-ring (bicyclic) bond motifs is 1. The maximum absolute atomic E-state index is 11.9. The van der Waals surface area contributed by atoms with Gasteiger partial charge in [-0.25, -0.2) is 9.59 Å². The van der Waals surface area contributed by atoms with Gasteiger partial charge in [0.05, 0.1) is 12.1 Å². The number of amides is 6. The fourth-order valence-electron chi connectivity index (χ4n) is 3.63. The molecule has 2 heterocycles. The number of hydrogen-bond donors (Lipinski definition) is 5. The van der Waals surface area contributed by atoms with Gasteiger partial charge in [-0.1, -0.05) is 11.6 Å². The van der Waals surface area contributed by atoms with Crippen molar-refractivity contribution in [1.82, 2.24) is 26.6 Å². The summed E-state index contributed by atoms with van der Waals surface area (Å²) in [5, 5.41) is 25.6. The van der Waals surface area contributed by atoms with E-state index in [1.165, 1.54) is 13.2 Å². The Labute approximate surface area is 197 Å². The summed E-state index contributed by atoms with van der Waals surface area (Å²) in [6.45, 7) is 0.926. The highest BCUT2D eigenvalue weighted by atomic mass is 32.2. The molecule has 0 radical (unpaired) electrons. The van der Waals surface area contributed by atoms with Crippen LogP contribution >= 0.6 is 11.8 Å². The fourth-order valence-corrected chi connectivity index (χ4v) is 5.17. The summed E-state index contributed by atoms with van der Waals surface area (Å²) in [4.78, 5) is 50.9. The van der Waals surface area contributed by atoms with Crippen molar-refractivity contribution in [2.75, 3.05) is 26.0 Å². The molecule has 5 N–H and O–H groups in total. The third kappa shape index (κ3) is 9.17. The molecule has 0 bridgehead atoms. The van der Waals surface area contributed by atoms with Gasteiger partial charge in [0.2, 0.25) is 11.6 Å². The van der Waals surface area contributed by atoms with Crippen LogP contribution in [0.3, 0.4) is 0 Å². The van der Waals surface area contributed by atoms with Gasteiger partial charge in [0, 0.05) is 30.5 Å². The minimum Gasteiger partial charge on any atom is -0.398 e. The van der Waals surface area contributed by atoms with Gasteiger partial charge < -0.3 is 26.1 Å². The zero-order valence-electron chi connectivity index (χ0n) is 18.6. The Morgan fingerprint density at radius 2 is 1.91 bits per heavy atom. The topological polar surface area (TPSA) is 174 Å². The maximum atomic E-state index is 11.9. The number of rotatable bonds is 13. The number of hydrogen-bond acceptors (Lipinski definition) is 8. The molecule has 0 aromatic carbocycles. The average Bonchev–Trinajstić information content (AvgIpc) is 3.33. The van der Waals surface area contributed by atoms with Crippen molar-refractivity contribution in [3.05, 3.63) is 0 Å². The van der Waals surface area contributed by atoms with E-state index in [1.54, 1.807) is 0 Å². The lowest BCUT2D eigenvalue weighted by Crippen LogP contribution is -2.42. The predicted molar refractivity (Wildman–Crippen MR) is 122 cm³/mol. The third-order valence-corrected chi connectivity index (χ3v) is 6.78. The van der Waals surface area contributed by atoms with Gasteiger partial charge in [0.1, 0.15) is 13.2 Å². The largest absolute Gasteiger partial charge is 0.398 e. The van der Waals surface area contributed by atoms with Crippen LogP contribution in [-0.4, -0.2) is 72.9 Å². The summed E-state index contributed by atoms with van der Waals surface area (Å²) in [6, 6.07) is 1.17. The number of nitrogens with zero attached hydrogens (tertiary/aromatic N) is 2. The van der Waals surface area contributed by atoms with E-state index < -0.39 is 17.6 Å². The zero-order valence-corrected chi connectivity index (χ0v) is 19.5. The second-order valence-electron chi connectivity index (χ2n) is 7.72. The van der Waals surface area contributed by atoms with Gasteiger partial charge in [-0.2, -0.15) is 17.0 Å². The lowest BCUT2D eigenvalue weighted by atomic mass is 10.0. The highest BCUT2D eigenvalue weighted by Crippen LogP contribution is 2.33. The number of oxime groups is 1. The SMILES string of the molecule is CO/N=C(\C#N)C(=O)NC(=O)NCCCCCNC(=O)CCCC[C@@H]1SC[C@@H]2NC(=O)N[C@@H]21. The molecule has 13 heteroatoms. The van der Waals surface area contributed by atoms with E-state index in [2.05, 4.69) is 31.3 Å². The fraction of sp³-hybridized carbons (Fsp3) is 0.700. The van der Waals surface area contributed by atoms with Crippen LogP contribution in [0.1, 0.15) is 44.9 Å². The molecule has 2 aliphatic heterocycles. The van der Waals surface area contributed by atoms with E-state index in [9.17, 15) is 19.2 Å². The highest BCUT2D eigenvalue weighted by Gasteiger charge is 2.42. The van der Waals surface area contributed by atoms with Crippen LogP contribution in [0.5, 0.6) is 0 Å². The summed E-state index contributed by atoms with van der Waals surface area (Å²) in [5.74, 6) is 0.0379. The number of carbonyl (C=O) groups excluding carboxylic acids is 4. The first-order chi connectivity index (χ1) is 15.9. The first kappa shape index (κ1) is 26.2. The van der Waals surface area contributed by atoms with E-state index in [0.717, 1.165) is 37.9 Å². The van der Waals surface area contributed by atoms with E-state index >= 15 is 0 Å². The minimum atomic E-state index is -0.937. The smallest absolute Gasteiger partial charge is 0.321 e. The molecule has 12 nitrogen and oxygen atoms in total. The number of urea groups is 2. The standard InChI is InChI=1S/C20H31N7O5S/c1-32-27-13(11-21)18(29)26-19(30)23-10-6-2-5-9-22-16(28)8-4-3-7-15-17-14(12-33-15)24-20(31)25-17/h14-15,17H,2-10,12H2,1H3,(H,22,28)(H2,24,25,31)(H2,23,26,29,30)/b27-13+/t14-,15-,17-/m0/s1. The third-order valence-electron chi connectivity index (χ3n) is 5.27. The van der Waals surface area contributed by atoms with Crippen molar-refractivity contribution >= 4 is 41.4 Å². The maximum Gasteiger partial charge on any atom is 0.321 e. The van der Waals surface area contributed by atoms with Crippen LogP contribution < -0.4 is 26.6 Å². The molecule has 2 aliphatic rings. The first-order valence-corrected chi connectivity index (χ1v) is 12.0. The van der Waals surface area contributed by atoms with Crippen molar-refractivity contribution in [2.45, 2.75) is 62.3 Å². The Hall–Kier alpha value is -3.01. The summed E-state index contributed by atoms with van der Waals surface area (Å²) in [6.07, 6.45) is 5.51. The number of unbranched alkanes of at least 4 members (excludes halogenated alkanes) is 3. The van der Waals surface area contributed by atoms with Gasteiger partial charge in [0.25, 0.3) is 5.91 Å². The molecule has 2 saturated heterocycles. The van der Waals surface area contributed by atoms with Gasteiger partial charge in [-0.3, -0.25) is 14.9 Å². The summed E-state index contributed by atoms with van der Waals surface area (Å²) in [7, 11) is 1.19. The second-order valence-corrected chi connectivity index (χ2v) is 8.99. The zero-order chi connectivity index (χ0) is 24.1. The van der Waals surface area contributed by atoms with Gasteiger partial charge in [-0.15, -0.1) is 0 Å². The van der Waals surface area contributed by atoms with Crippen LogP contribution in [0, 0.1) is 11.3 Å². The van der Waals surface area contributed by atoms with Gasteiger partial charge in [0.15, 0.2) is 0 Å². The number of imide groups is 1. The Balaban J connectivity index is 1.42. The lowest BCUT2D eigenvalue weighted by molar-refractivity contribution is -0.121. The Morgan fingerprint density at radius 1 is 1.15 bits per heavy atom. The Kier molecular flexibility index (Phi) is 11.3. The molecule has 0 aromatic rings. The number of thioether (sulfide) groups is 1. The quantitative estimate of drug-likeness (QED) is 0.109. The summed E-state index contributed by atoms with van der Waals surface area (Å²) in [5.41, 5.74) is -0.547. The molecular weight excluding hydrogens is 450 g/mol. The Morgan fingerprint density at radius 3 is 2.64 bits per heavy atom. The molecular formula is C20H31N7O5S. The highest BCUT2D eigenvalue weighted by molar-refractivity contribution is 8.00. The molecule has 2 fully saturated rings. The molecule has 0 aliphatic carbocycles. The van der Waals surface area contributed by atoms with E-state index in [4.69, 9.17) is 5.26 Å². The monoisotopic (exact) mass is 481 g/mol. The van der Waals surface area contributed by atoms with Crippen molar-refractivity contribution in [3.8, 4) is 6.07 Å². The van der Waals surface area contributed by atoms with Crippen molar-refractivity contribution < 1.29 is 24.0 Å². The summed E-state index contributed by atoms with van der Waals surface area (Å²) >= 11 is 1.88. The van der Waals surface area contributed by atoms with Crippen LogP contribution in [-0.2, 0) is 14.4 Å². The minimum absolute atomic E-state index is 0.0322. The van der Waals surface area contributed by atoms with Crippen LogP contribution in [0.15, 0.2) is 5.16 Å². The van der Waals surface area contributed by atoms with Gasteiger partial charge in [-0.05, 0) is 32.1 Å². The van der Waals surface area contributed by atoms with Crippen molar-refractivity contribution in [3.63, 3.8) is 0 Å².